The predicted molar refractivity (Wildman–Crippen MR) is 115 cm³/mol. The fraction of sp³-hybridized carbons (Fsp3) is 0.333. The molecule has 1 amide bonds. The van der Waals surface area contributed by atoms with Crippen LogP contribution in [0.5, 0.6) is 0 Å². The van der Waals surface area contributed by atoms with Gasteiger partial charge in [-0.3, -0.25) is 9.78 Å². The number of pyridine rings is 1. The lowest BCUT2D eigenvalue weighted by Gasteiger charge is -2.33. The number of aliphatic imine (C=N–C) groups is 1. The van der Waals surface area contributed by atoms with Crippen LogP contribution in [-0.4, -0.2) is 58.5 Å². The molecule has 4 heterocycles. The van der Waals surface area contributed by atoms with Crippen LogP contribution in [0.1, 0.15) is 12.8 Å². The van der Waals surface area contributed by atoms with Crippen molar-refractivity contribution in [2.24, 2.45) is 10.7 Å². The van der Waals surface area contributed by atoms with Gasteiger partial charge >= 0.3 is 6.02 Å². The first-order valence-corrected chi connectivity index (χ1v) is 10.1. The molecule has 154 valence electrons. The third-order valence-corrected chi connectivity index (χ3v) is 5.45. The summed E-state index contributed by atoms with van der Waals surface area (Å²) in [4.78, 5) is 23.6. The minimum Gasteiger partial charge on any atom is -0.448 e. The Morgan fingerprint density at radius 2 is 2.13 bits per heavy atom. The summed E-state index contributed by atoms with van der Waals surface area (Å²) in [5.41, 5.74) is 8.58. The third-order valence-electron chi connectivity index (χ3n) is 5.45. The molecule has 30 heavy (non-hydrogen) atoms. The Bertz CT molecular complexity index is 1110. The molecule has 1 aromatic carbocycles. The number of benzene rings is 1. The highest BCUT2D eigenvalue weighted by Gasteiger charge is 2.30. The Labute approximate surface area is 173 Å². The molecule has 5 rings (SSSR count). The maximum Gasteiger partial charge on any atom is 0.314 e. The zero-order valence-corrected chi connectivity index (χ0v) is 16.4. The fourth-order valence-electron chi connectivity index (χ4n) is 3.94. The zero-order valence-electron chi connectivity index (χ0n) is 16.4. The van der Waals surface area contributed by atoms with Gasteiger partial charge in [-0.25, -0.2) is 4.99 Å². The number of aromatic nitrogens is 3. The summed E-state index contributed by atoms with van der Waals surface area (Å²) in [5, 5.41) is 8.28. The van der Waals surface area contributed by atoms with E-state index in [0.717, 1.165) is 42.5 Å². The van der Waals surface area contributed by atoms with Crippen LogP contribution in [0.4, 0.5) is 11.4 Å². The number of ether oxygens (including phenoxy) is 1. The number of hydrogen-bond acceptors (Lipinski definition) is 7. The number of carbonyl (C=O) groups excluding carboxylic acids is 1. The second-order valence-corrected chi connectivity index (χ2v) is 7.58. The van der Waals surface area contributed by atoms with E-state index in [9.17, 15) is 4.79 Å². The van der Waals surface area contributed by atoms with Gasteiger partial charge in [-0.15, -0.1) is 0 Å². The normalized spacial score (nSPS) is 21.4. The van der Waals surface area contributed by atoms with Crippen molar-refractivity contribution in [3.63, 3.8) is 0 Å². The van der Waals surface area contributed by atoms with Crippen molar-refractivity contribution in [3.05, 3.63) is 48.9 Å². The lowest BCUT2D eigenvalue weighted by molar-refractivity contribution is -0.122. The van der Waals surface area contributed by atoms with Gasteiger partial charge in [-0.1, -0.05) is 18.2 Å². The summed E-state index contributed by atoms with van der Waals surface area (Å²) in [7, 11) is 0. The number of nitrogens with zero attached hydrogens (tertiary/aromatic N) is 5. The highest BCUT2D eigenvalue weighted by atomic mass is 16.5. The lowest BCUT2D eigenvalue weighted by atomic mass is 10.1. The van der Waals surface area contributed by atoms with E-state index in [4.69, 9.17) is 10.5 Å². The topological polar surface area (TPSA) is 111 Å². The van der Waals surface area contributed by atoms with E-state index in [1.807, 2.05) is 30.3 Å². The Kier molecular flexibility index (Phi) is 4.80. The van der Waals surface area contributed by atoms with Crippen LogP contribution < -0.4 is 16.0 Å². The minimum absolute atomic E-state index is 0.133. The maximum absolute atomic E-state index is 12.9. The summed E-state index contributed by atoms with van der Waals surface area (Å²) in [5.74, 6) is -0.263. The summed E-state index contributed by atoms with van der Waals surface area (Å²) < 4.78 is 7.45. The summed E-state index contributed by atoms with van der Waals surface area (Å²) in [6.45, 7) is 1.89. The monoisotopic (exact) mass is 405 g/mol. The minimum atomic E-state index is -0.723. The standard InChI is InChI=1S/C21H23N7O2/c22-15-5-3-9-27(13-15)18-7-8-23-11-16(18)26-20(29)19-12-24-21(30-19)28-17-6-2-1-4-14(17)10-25-28/h1-2,4,6-8,10-11,15,19H,3,5,9,12-13,22H2,(H,26,29)/t15-,19?/m1/s1. The molecule has 9 nitrogen and oxygen atoms in total. The lowest BCUT2D eigenvalue weighted by Crippen LogP contribution is -2.43. The molecule has 0 bridgehead atoms. The Hall–Kier alpha value is -3.46. The molecule has 1 saturated heterocycles. The van der Waals surface area contributed by atoms with Crippen molar-refractivity contribution in [2.75, 3.05) is 29.9 Å². The van der Waals surface area contributed by atoms with Crippen molar-refractivity contribution in [1.82, 2.24) is 14.8 Å². The molecule has 3 N–H and O–H groups in total. The van der Waals surface area contributed by atoms with E-state index in [2.05, 4.69) is 25.3 Å². The molecule has 2 aromatic heterocycles. The Morgan fingerprint density at radius 3 is 3.03 bits per heavy atom. The highest BCUT2D eigenvalue weighted by Crippen LogP contribution is 2.28. The van der Waals surface area contributed by atoms with Gasteiger partial charge in [-0.05, 0) is 25.0 Å². The number of rotatable bonds is 3. The molecule has 0 saturated carbocycles. The first-order valence-electron chi connectivity index (χ1n) is 10.1. The second kappa shape index (κ2) is 7.75. The molecular formula is C21H23N7O2. The maximum atomic E-state index is 12.9. The quantitative estimate of drug-likeness (QED) is 0.685. The van der Waals surface area contributed by atoms with Crippen LogP contribution in [-0.2, 0) is 9.53 Å². The number of carbonyl (C=O) groups is 1. The molecule has 1 fully saturated rings. The van der Waals surface area contributed by atoms with Gasteiger partial charge < -0.3 is 20.7 Å². The molecule has 2 aliphatic heterocycles. The zero-order chi connectivity index (χ0) is 20.5. The number of fused-ring (bicyclic) bond motifs is 1. The van der Waals surface area contributed by atoms with Gasteiger partial charge in [0.2, 0.25) is 0 Å². The molecule has 0 spiro atoms. The van der Waals surface area contributed by atoms with E-state index in [1.54, 1.807) is 23.3 Å². The number of nitrogens with one attached hydrogen (secondary N) is 1. The number of anilines is 2. The molecule has 0 radical (unpaired) electrons. The fourth-order valence-corrected chi connectivity index (χ4v) is 3.94. The van der Waals surface area contributed by atoms with E-state index in [0.29, 0.717) is 11.7 Å². The van der Waals surface area contributed by atoms with Crippen LogP contribution in [0.3, 0.4) is 0 Å². The van der Waals surface area contributed by atoms with Crippen molar-refractivity contribution in [2.45, 2.75) is 25.0 Å². The first kappa shape index (κ1) is 18.6. The number of nitrogens with two attached hydrogens (primary N) is 1. The van der Waals surface area contributed by atoms with Crippen molar-refractivity contribution < 1.29 is 9.53 Å². The van der Waals surface area contributed by atoms with Crippen molar-refractivity contribution >= 4 is 34.2 Å². The SMILES string of the molecule is N[C@@H]1CCCN(c2ccncc2NC(=O)C2CN=C(n3ncc4ccccc43)O2)C1. The van der Waals surface area contributed by atoms with E-state index in [-0.39, 0.29) is 18.5 Å². The molecule has 0 aliphatic carbocycles. The van der Waals surface area contributed by atoms with Crippen LogP contribution >= 0.6 is 0 Å². The van der Waals surface area contributed by atoms with Crippen LogP contribution in [0.2, 0.25) is 0 Å². The van der Waals surface area contributed by atoms with E-state index >= 15 is 0 Å². The molecule has 9 heteroatoms. The number of piperidine rings is 1. The van der Waals surface area contributed by atoms with Crippen LogP contribution in [0.25, 0.3) is 10.9 Å². The van der Waals surface area contributed by atoms with Gasteiger partial charge in [-0.2, -0.15) is 9.78 Å². The van der Waals surface area contributed by atoms with Crippen molar-refractivity contribution in [3.8, 4) is 0 Å². The van der Waals surface area contributed by atoms with E-state index in [1.165, 1.54) is 0 Å². The number of amides is 1. The Balaban J connectivity index is 1.29. The third kappa shape index (κ3) is 3.48. The summed E-state index contributed by atoms with van der Waals surface area (Å²) in [6, 6.07) is 10.1. The first-order chi connectivity index (χ1) is 14.7. The average Bonchev–Trinajstić information content (AvgIpc) is 3.41. The van der Waals surface area contributed by atoms with Crippen LogP contribution in [0, 0.1) is 0 Å². The summed E-state index contributed by atoms with van der Waals surface area (Å²) >= 11 is 0. The smallest absolute Gasteiger partial charge is 0.314 e. The predicted octanol–water partition coefficient (Wildman–Crippen LogP) is 1.60. The molecule has 3 aromatic rings. The average molecular weight is 405 g/mol. The second-order valence-electron chi connectivity index (χ2n) is 7.58. The summed E-state index contributed by atoms with van der Waals surface area (Å²) in [6.07, 6.45) is 6.45. The van der Waals surface area contributed by atoms with Gasteiger partial charge in [0, 0.05) is 30.7 Å². The van der Waals surface area contributed by atoms with Gasteiger partial charge in [0.25, 0.3) is 5.91 Å². The van der Waals surface area contributed by atoms with Crippen molar-refractivity contribution in [1.29, 1.82) is 0 Å². The van der Waals surface area contributed by atoms with Gasteiger partial charge in [0.1, 0.15) is 0 Å². The van der Waals surface area contributed by atoms with E-state index < -0.39 is 6.10 Å². The molecule has 2 atom stereocenters. The number of hydrogen-bond donors (Lipinski definition) is 2. The van der Waals surface area contributed by atoms with Crippen LogP contribution in [0.15, 0.2) is 53.9 Å². The molecule has 1 unspecified atom stereocenters. The van der Waals surface area contributed by atoms with Gasteiger partial charge in [0.05, 0.1) is 35.8 Å². The molecule has 2 aliphatic rings. The highest BCUT2D eigenvalue weighted by molar-refractivity contribution is 6.00. The Morgan fingerprint density at radius 1 is 1.23 bits per heavy atom. The largest absolute Gasteiger partial charge is 0.448 e. The number of para-hydroxylation sites is 1. The van der Waals surface area contributed by atoms with Gasteiger partial charge in [0.15, 0.2) is 6.10 Å². The molecular weight excluding hydrogens is 382 g/mol.